The third-order valence-electron chi connectivity index (χ3n) is 15.5. The molecule has 1 heteroatoms. The summed E-state index contributed by atoms with van der Waals surface area (Å²) >= 11 is 0. The minimum absolute atomic E-state index is 0.516. The lowest BCUT2D eigenvalue weighted by molar-refractivity contribution is 0.768. The molecule has 14 rings (SSSR count). The zero-order valence-electron chi connectivity index (χ0n) is 40.7. The van der Waals surface area contributed by atoms with E-state index in [2.05, 4.69) is 302 Å². The van der Waals surface area contributed by atoms with E-state index in [-0.39, 0.29) is 0 Å². The van der Waals surface area contributed by atoms with Crippen LogP contribution in [0.4, 0.5) is 17.1 Å². The summed E-state index contributed by atoms with van der Waals surface area (Å²) in [4.78, 5) is 2.55. The van der Waals surface area contributed by atoms with E-state index in [1.54, 1.807) is 0 Å². The molecule has 1 aliphatic carbocycles. The zero-order chi connectivity index (χ0) is 49.0. The quantitative estimate of drug-likeness (QED) is 0.130. The van der Waals surface area contributed by atoms with Crippen LogP contribution in [0.1, 0.15) is 22.3 Å². The van der Waals surface area contributed by atoms with Crippen molar-refractivity contribution in [1.29, 1.82) is 0 Å². The second kappa shape index (κ2) is 17.9. The summed E-state index contributed by atoms with van der Waals surface area (Å²) in [6, 6.07) is 110. The molecule has 0 unspecified atom stereocenters. The fraction of sp³-hybridized carbons (Fsp3) is 0.0137. The molecule has 0 radical (unpaired) electrons. The molecule has 0 spiro atoms. The van der Waals surface area contributed by atoms with Gasteiger partial charge in [-0.25, -0.2) is 0 Å². The topological polar surface area (TPSA) is 3.24 Å². The van der Waals surface area contributed by atoms with E-state index >= 15 is 0 Å². The van der Waals surface area contributed by atoms with Gasteiger partial charge in [0.25, 0.3) is 0 Å². The Morgan fingerprint density at radius 2 is 0.689 bits per heavy atom. The highest BCUT2D eigenvalue weighted by Gasteiger charge is 2.46. The van der Waals surface area contributed by atoms with E-state index in [0.29, 0.717) is 0 Å². The van der Waals surface area contributed by atoms with Gasteiger partial charge >= 0.3 is 0 Å². The molecule has 0 saturated carbocycles. The normalized spacial score (nSPS) is 12.4. The van der Waals surface area contributed by atoms with Gasteiger partial charge in [0.15, 0.2) is 0 Å². The van der Waals surface area contributed by atoms with Gasteiger partial charge in [0, 0.05) is 22.3 Å². The van der Waals surface area contributed by atoms with Crippen molar-refractivity contribution in [2.24, 2.45) is 0 Å². The van der Waals surface area contributed by atoms with Gasteiger partial charge in [-0.2, -0.15) is 0 Å². The largest absolute Gasteiger partial charge is 0.309 e. The van der Waals surface area contributed by atoms with Crippen molar-refractivity contribution in [1.82, 2.24) is 0 Å². The zero-order valence-corrected chi connectivity index (χ0v) is 40.7. The lowest BCUT2D eigenvalue weighted by atomic mass is 9.68. The van der Waals surface area contributed by atoms with E-state index in [1.807, 2.05) is 0 Å². The minimum Gasteiger partial charge on any atom is -0.309 e. The predicted molar refractivity (Wildman–Crippen MR) is 313 cm³/mol. The Morgan fingerprint density at radius 3 is 1.32 bits per heavy atom. The molecule has 0 bridgehead atoms. The molecular weight excluding hydrogens is 891 g/mol. The highest BCUT2D eigenvalue weighted by atomic mass is 15.1. The number of hydrogen-bond acceptors (Lipinski definition) is 1. The molecule has 0 atom stereocenters. The Labute approximate surface area is 432 Å². The highest BCUT2D eigenvalue weighted by molar-refractivity contribution is 6.24. The molecule has 0 N–H and O–H groups in total. The fourth-order valence-electron chi connectivity index (χ4n) is 12.2. The smallest absolute Gasteiger partial charge is 0.0713 e. The first-order valence-corrected chi connectivity index (χ1v) is 25.7. The highest BCUT2D eigenvalue weighted by Crippen LogP contribution is 2.58. The lowest BCUT2D eigenvalue weighted by Gasteiger charge is -2.34. The van der Waals surface area contributed by atoms with Gasteiger partial charge in [-0.1, -0.05) is 267 Å². The van der Waals surface area contributed by atoms with Crippen LogP contribution in [0.15, 0.2) is 297 Å². The Bertz CT molecular complexity index is 4160. The summed E-state index contributed by atoms with van der Waals surface area (Å²) in [5, 5.41) is 7.25. The molecule has 0 aromatic heterocycles. The predicted octanol–water partition coefficient (Wildman–Crippen LogP) is 19.6. The van der Waals surface area contributed by atoms with Gasteiger partial charge in [-0.15, -0.1) is 0 Å². The van der Waals surface area contributed by atoms with Crippen molar-refractivity contribution in [2.45, 2.75) is 5.41 Å². The van der Waals surface area contributed by atoms with Gasteiger partial charge in [-0.05, 0) is 130 Å². The van der Waals surface area contributed by atoms with Crippen LogP contribution < -0.4 is 4.90 Å². The van der Waals surface area contributed by atoms with Crippen LogP contribution in [-0.4, -0.2) is 0 Å². The van der Waals surface area contributed by atoms with Crippen LogP contribution in [0.3, 0.4) is 0 Å². The monoisotopic (exact) mass is 939 g/mol. The van der Waals surface area contributed by atoms with Crippen LogP contribution in [-0.2, 0) is 5.41 Å². The standard InChI is InChI=1S/C73H49N/c1-5-20-50(21-6-1)52-36-38-53(39-37-52)54-40-43-59(44-41-54)74(60-45-47-70-68(49-60)64-31-17-18-35-69(64)73(70,57-25-9-3-10-26-57)58-27-11-4-12-28-58)72-67-33-16-14-30-63(67)62-29-13-15-32-66(62)71(72)65-34-19-24-56-48-55(42-46-61(56)65)51-22-7-2-8-23-51/h1-49H. The Kier molecular flexibility index (Phi) is 10.5. The summed E-state index contributed by atoms with van der Waals surface area (Å²) in [5.41, 5.74) is 19.9. The van der Waals surface area contributed by atoms with Gasteiger partial charge < -0.3 is 4.90 Å². The number of hydrogen-bond donors (Lipinski definition) is 0. The molecular formula is C73H49N. The van der Waals surface area contributed by atoms with Gasteiger partial charge in [0.1, 0.15) is 0 Å². The van der Waals surface area contributed by atoms with Gasteiger partial charge in [-0.3, -0.25) is 0 Å². The second-order valence-electron chi connectivity index (χ2n) is 19.5. The summed E-state index contributed by atoms with van der Waals surface area (Å²) in [6.07, 6.45) is 0. The molecule has 1 aliphatic rings. The molecule has 0 aliphatic heterocycles. The van der Waals surface area contributed by atoms with E-state index < -0.39 is 5.41 Å². The molecule has 0 saturated heterocycles. The maximum absolute atomic E-state index is 2.55. The number of benzene rings is 13. The molecule has 13 aromatic carbocycles. The fourth-order valence-corrected chi connectivity index (χ4v) is 12.2. The number of nitrogens with zero attached hydrogens (tertiary/aromatic N) is 1. The van der Waals surface area contributed by atoms with Crippen molar-refractivity contribution >= 4 is 49.4 Å². The molecule has 74 heavy (non-hydrogen) atoms. The molecule has 346 valence electrons. The Morgan fingerprint density at radius 1 is 0.243 bits per heavy atom. The minimum atomic E-state index is -0.516. The first kappa shape index (κ1) is 43.2. The second-order valence-corrected chi connectivity index (χ2v) is 19.5. The Hall–Kier alpha value is -9.56. The number of anilines is 3. The molecule has 0 amide bonds. The summed E-state index contributed by atoms with van der Waals surface area (Å²) in [5.74, 6) is 0. The number of rotatable bonds is 9. The van der Waals surface area contributed by atoms with Gasteiger partial charge in [0.2, 0.25) is 0 Å². The van der Waals surface area contributed by atoms with E-state index in [0.717, 1.165) is 17.1 Å². The van der Waals surface area contributed by atoms with Crippen LogP contribution in [0.2, 0.25) is 0 Å². The molecule has 0 heterocycles. The lowest BCUT2D eigenvalue weighted by Crippen LogP contribution is -2.28. The van der Waals surface area contributed by atoms with Crippen molar-refractivity contribution in [3.63, 3.8) is 0 Å². The summed E-state index contributed by atoms with van der Waals surface area (Å²) in [7, 11) is 0. The first-order valence-electron chi connectivity index (χ1n) is 25.7. The van der Waals surface area contributed by atoms with Crippen molar-refractivity contribution in [3.05, 3.63) is 320 Å². The van der Waals surface area contributed by atoms with Crippen LogP contribution in [0, 0.1) is 0 Å². The SMILES string of the molecule is c1ccc(-c2ccc(-c3ccc(N(c4ccc5c(c4)-c4ccccc4C5(c4ccccc4)c4ccccc4)c4c(-c5cccc6cc(-c7ccccc7)ccc56)c5ccccc5c5ccccc45)cc3)cc2)cc1. The van der Waals surface area contributed by atoms with Crippen molar-refractivity contribution in [2.75, 3.05) is 4.90 Å². The summed E-state index contributed by atoms with van der Waals surface area (Å²) in [6.45, 7) is 0. The van der Waals surface area contributed by atoms with Crippen LogP contribution in [0.5, 0.6) is 0 Å². The molecule has 0 fully saturated rings. The first-order chi connectivity index (χ1) is 36.7. The molecule has 1 nitrogen and oxygen atoms in total. The molecule has 13 aromatic rings. The summed E-state index contributed by atoms with van der Waals surface area (Å²) < 4.78 is 0. The van der Waals surface area contributed by atoms with Crippen LogP contribution >= 0.6 is 0 Å². The van der Waals surface area contributed by atoms with E-state index in [9.17, 15) is 0 Å². The van der Waals surface area contributed by atoms with Crippen molar-refractivity contribution < 1.29 is 0 Å². The average Bonchev–Trinajstić information content (AvgIpc) is 3.87. The van der Waals surface area contributed by atoms with Crippen LogP contribution in [0.25, 0.3) is 88.0 Å². The van der Waals surface area contributed by atoms with Crippen molar-refractivity contribution in [3.8, 4) is 55.6 Å². The van der Waals surface area contributed by atoms with Gasteiger partial charge in [0.05, 0.1) is 11.1 Å². The maximum Gasteiger partial charge on any atom is 0.0713 e. The van der Waals surface area contributed by atoms with E-state index in [1.165, 1.54) is 110 Å². The number of fused-ring (bicyclic) bond motifs is 7. The third kappa shape index (κ3) is 7.00. The van der Waals surface area contributed by atoms with E-state index in [4.69, 9.17) is 0 Å². The average molecular weight is 940 g/mol. The Balaban J connectivity index is 1.04. The maximum atomic E-state index is 2.55. The third-order valence-corrected chi connectivity index (χ3v) is 15.5.